The average Bonchev–Trinajstić information content (AvgIpc) is 2.60. The van der Waals surface area contributed by atoms with Gasteiger partial charge in [0.2, 0.25) is 0 Å². The van der Waals surface area contributed by atoms with Crippen molar-refractivity contribution in [2.75, 3.05) is 26.2 Å². The molecule has 0 spiro atoms. The maximum absolute atomic E-state index is 10.2. The monoisotopic (exact) mass is 329 g/mol. The molecule has 4 heteroatoms. The summed E-state index contributed by atoms with van der Waals surface area (Å²) < 4.78 is 5.76. The van der Waals surface area contributed by atoms with Crippen molar-refractivity contribution in [3.05, 3.63) is 42.5 Å². The number of hydrogen-bond donors (Lipinski definition) is 2. The van der Waals surface area contributed by atoms with Crippen molar-refractivity contribution in [2.24, 2.45) is 5.92 Å². The molecule has 2 N–H and O–H groups in total. The average molecular weight is 329 g/mol. The van der Waals surface area contributed by atoms with Crippen LogP contribution in [0.1, 0.15) is 19.8 Å². The van der Waals surface area contributed by atoms with Gasteiger partial charge in [-0.25, -0.2) is 0 Å². The lowest BCUT2D eigenvalue weighted by Gasteiger charge is -2.34. The molecule has 1 aliphatic rings. The summed E-state index contributed by atoms with van der Waals surface area (Å²) in [6, 6.07) is 14.2. The first-order valence-corrected chi connectivity index (χ1v) is 8.82. The van der Waals surface area contributed by atoms with E-state index in [1.165, 1.54) is 5.39 Å². The van der Waals surface area contributed by atoms with Gasteiger partial charge in [-0.15, -0.1) is 0 Å². The normalized spacial score (nSPS) is 19.3. The van der Waals surface area contributed by atoms with E-state index in [9.17, 15) is 10.2 Å². The zero-order chi connectivity index (χ0) is 16.9. The van der Waals surface area contributed by atoms with E-state index in [0.29, 0.717) is 19.1 Å². The molecule has 24 heavy (non-hydrogen) atoms. The van der Waals surface area contributed by atoms with Gasteiger partial charge in [0.25, 0.3) is 0 Å². The number of benzene rings is 2. The number of piperidine rings is 1. The van der Waals surface area contributed by atoms with Gasteiger partial charge in [-0.1, -0.05) is 30.3 Å². The maximum Gasteiger partial charge on any atom is 0.120 e. The molecule has 0 bridgehead atoms. The van der Waals surface area contributed by atoms with Crippen molar-refractivity contribution in [2.45, 2.75) is 32.0 Å². The Hall–Kier alpha value is -1.62. The maximum atomic E-state index is 10.2. The fraction of sp³-hybridized carbons (Fsp3) is 0.500. The number of nitrogens with zero attached hydrogens (tertiary/aromatic N) is 1. The van der Waals surface area contributed by atoms with E-state index in [2.05, 4.69) is 17.0 Å². The predicted molar refractivity (Wildman–Crippen MR) is 96.3 cm³/mol. The third-order valence-electron chi connectivity index (χ3n) is 4.95. The lowest BCUT2D eigenvalue weighted by atomic mass is 9.92. The van der Waals surface area contributed by atoms with Crippen LogP contribution in [0.2, 0.25) is 0 Å². The van der Waals surface area contributed by atoms with Crippen LogP contribution < -0.4 is 4.74 Å². The predicted octanol–water partition coefficient (Wildman–Crippen LogP) is 2.67. The van der Waals surface area contributed by atoms with Crippen molar-refractivity contribution in [3.8, 4) is 5.75 Å². The van der Waals surface area contributed by atoms with E-state index >= 15 is 0 Å². The van der Waals surface area contributed by atoms with Gasteiger partial charge in [0.15, 0.2) is 0 Å². The number of β-amino-alcohol motifs (C(OH)–C–C–N with tert-alkyl or cyclic N) is 1. The summed E-state index contributed by atoms with van der Waals surface area (Å²) >= 11 is 0. The Labute approximate surface area is 143 Å². The van der Waals surface area contributed by atoms with E-state index < -0.39 is 6.10 Å². The van der Waals surface area contributed by atoms with Crippen LogP contribution in [0.5, 0.6) is 5.75 Å². The Bertz CT molecular complexity index is 650. The lowest BCUT2D eigenvalue weighted by Crippen LogP contribution is -2.42. The lowest BCUT2D eigenvalue weighted by molar-refractivity contribution is 0.0336. The number of ether oxygens (including phenoxy) is 1. The van der Waals surface area contributed by atoms with Gasteiger partial charge in [0, 0.05) is 6.54 Å². The molecule has 4 nitrogen and oxygen atoms in total. The topological polar surface area (TPSA) is 52.9 Å². The molecule has 0 aromatic heterocycles. The summed E-state index contributed by atoms with van der Waals surface area (Å²) in [6.45, 7) is 4.66. The Kier molecular flexibility index (Phi) is 5.72. The Morgan fingerprint density at radius 2 is 1.79 bits per heavy atom. The number of likely N-dealkylation sites (tertiary alicyclic amines) is 1. The second-order valence-corrected chi connectivity index (χ2v) is 6.85. The molecule has 0 aliphatic carbocycles. The van der Waals surface area contributed by atoms with Crippen molar-refractivity contribution in [3.63, 3.8) is 0 Å². The van der Waals surface area contributed by atoms with Crippen LogP contribution in [-0.4, -0.2) is 53.6 Å². The summed E-state index contributed by atoms with van der Waals surface area (Å²) in [5, 5.41) is 22.2. The molecule has 0 amide bonds. The molecule has 3 rings (SSSR count). The third-order valence-corrected chi connectivity index (χ3v) is 4.95. The van der Waals surface area contributed by atoms with Crippen LogP contribution in [0.15, 0.2) is 42.5 Å². The Balaban J connectivity index is 1.46. The number of fused-ring (bicyclic) bond motifs is 1. The van der Waals surface area contributed by atoms with Crippen LogP contribution in [0, 0.1) is 5.92 Å². The van der Waals surface area contributed by atoms with E-state index in [1.54, 1.807) is 0 Å². The molecule has 2 atom stereocenters. The first-order chi connectivity index (χ1) is 11.6. The number of aliphatic hydroxyl groups excluding tert-OH is 2. The molecule has 2 unspecified atom stereocenters. The molecule has 2 aromatic rings. The van der Waals surface area contributed by atoms with Gasteiger partial charge in [-0.2, -0.15) is 0 Å². The summed E-state index contributed by atoms with van der Waals surface area (Å²) in [5.74, 6) is 1.19. The summed E-state index contributed by atoms with van der Waals surface area (Å²) in [4.78, 5) is 2.26. The van der Waals surface area contributed by atoms with Crippen LogP contribution in [0.4, 0.5) is 0 Å². The minimum Gasteiger partial charge on any atom is -0.491 e. The van der Waals surface area contributed by atoms with E-state index in [-0.39, 0.29) is 6.10 Å². The Morgan fingerprint density at radius 3 is 2.50 bits per heavy atom. The molecule has 1 heterocycles. The summed E-state index contributed by atoms with van der Waals surface area (Å²) in [6.07, 6.45) is 1.26. The zero-order valence-electron chi connectivity index (χ0n) is 14.3. The van der Waals surface area contributed by atoms with Gasteiger partial charge in [-0.3, -0.25) is 0 Å². The third kappa shape index (κ3) is 4.47. The van der Waals surface area contributed by atoms with Gasteiger partial charge in [-0.05, 0) is 61.7 Å². The van der Waals surface area contributed by atoms with Crippen LogP contribution in [-0.2, 0) is 0 Å². The smallest absolute Gasteiger partial charge is 0.120 e. The number of aliphatic hydroxyl groups is 2. The molecule has 0 radical (unpaired) electrons. The molecule has 1 saturated heterocycles. The molecule has 130 valence electrons. The Morgan fingerprint density at radius 1 is 1.08 bits per heavy atom. The van der Waals surface area contributed by atoms with Crippen molar-refractivity contribution < 1.29 is 14.9 Å². The fourth-order valence-corrected chi connectivity index (χ4v) is 3.42. The quantitative estimate of drug-likeness (QED) is 0.855. The molecule has 1 fully saturated rings. The second-order valence-electron chi connectivity index (χ2n) is 6.85. The highest BCUT2D eigenvalue weighted by Gasteiger charge is 2.23. The molecular formula is C20H27NO3. The van der Waals surface area contributed by atoms with Crippen LogP contribution >= 0.6 is 0 Å². The first kappa shape index (κ1) is 17.2. The second kappa shape index (κ2) is 7.97. The minimum absolute atomic E-state index is 0.228. The minimum atomic E-state index is -0.500. The highest BCUT2D eigenvalue weighted by atomic mass is 16.5. The number of rotatable bonds is 6. The summed E-state index contributed by atoms with van der Waals surface area (Å²) in [7, 11) is 0. The molecule has 1 aliphatic heterocycles. The van der Waals surface area contributed by atoms with Crippen molar-refractivity contribution in [1.29, 1.82) is 0 Å². The van der Waals surface area contributed by atoms with Gasteiger partial charge < -0.3 is 19.8 Å². The zero-order valence-corrected chi connectivity index (χ0v) is 14.3. The van der Waals surface area contributed by atoms with Crippen molar-refractivity contribution in [1.82, 2.24) is 4.90 Å². The molecule has 0 saturated carbocycles. The SMILES string of the molecule is CC(O)C1CCN(CC(O)COc2ccc3ccccc3c2)CC1. The van der Waals surface area contributed by atoms with E-state index in [1.807, 2.05) is 37.3 Å². The van der Waals surface area contributed by atoms with Gasteiger partial charge in [0.05, 0.1) is 6.10 Å². The molecular weight excluding hydrogens is 302 g/mol. The van der Waals surface area contributed by atoms with Crippen LogP contribution in [0.3, 0.4) is 0 Å². The standard InChI is InChI=1S/C20H27NO3/c1-15(22)16-8-10-21(11-9-16)13-19(23)14-24-20-7-6-17-4-2-3-5-18(17)12-20/h2-7,12,15-16,19,22-23H,8-11,13-14H2,1H3. The van der Waals surface area contributed by atoms with Gasteiger partial charge >= 0.3 is 0 Å². The highest BCUT2D eigenvalue weighted by Crippen LogP contribution is 2.22. The fourth-order valence-electron chi connectivity index (χ4n) is 3.42. The highest BCUT2D eigenvalue weighted by molar-refractivity contribution is 5.83. The van der Waals surface area contributed by atoms with Crippen molar-refractivity contribution >= 4 is 10.8 Å². The van der Waals surface area contributed by atoms with E-state index in [0.717, 1.165) is 37.1 Å². The number of hydrogen-bond acceptors (Lipinski definition) is 4. The molecule has 2 aromatic carbocycles. The first-order valence-electron chi connectivity index (χ1n) is 8.82. The van der Waals surface area contributed by atoms with Gasteiger partial charge in [0.1, 0.15) is 18.5 Å². The van der Waals surface area contributed by atoms with Crippen LogP contribution in [0.25, 0.3) is 10.8 Å². The summed E-state index contributed by atoms with van der Waals surface area (Å²) in [5.41, 5.74) is 0. The van der Waals surface area contributed by atoms with E-state index in [4.69, 9.17) is 4.74 Å². The largest absolute Gasteiger partial charge is 0.491 e.